The fourth-order valence-electron chi connectivity index (χ4n) is 2.91. The van der Waals surface area contributed by atoms with E-state index in [2.05, 4.69) is 54.0 Å². The van der Waals surface area contributed by atoms with Gasteiger partial charge in [0.05, 0.1) is 11.5 Å². The largest absolute Gasteiger partial charge is 0.467 e. The van der Waals surface area contributed by atoms with Gasteiger partial charge in [0.15, 0.2) is 0 Å². The molecule has 0 aliphatic rings. The van der Waals surface area contributed by atoms with Crippen LogP contribution in [-0.4, -0.2) is 0 Å². The summed E-state index contributed by atoms with van der Waals surface area (Å²) in [7, 11) is 0. The fraction of sp³-hybridized carbons (Fsp3) is 0.667. The minimum Gasteiger partial charge on any atom is -0.467 e. The zero-order chi connectivity index (χ0) is 19.2. The second-order valence-electron chi connectivity index (χ2n) is 8.17. The summed E-state index contributed by atoms with van der Waals surface area (Å²) in [6.07, 6.45) is 11.4. The Labute approximate surface area is 157 Å². The Hall–Kier alpha value is -1.24. The Morgan fingerprint density at radius 1 is 0.640 bits per heavy atom. The van der Waals surface area contributed by atoms with E-state index in [1.807, 2.05) is 0 Å². The van der Waals surface area contributed by atoms with Crippen molar-refractivity contribution in [3.63, 3.8) is 0 Å². The smallest absolute Gasteiger partial charge is 0.0964 e. The van der Waals surface area contributed by atoms with E-state index in [0.29, 0.717) is 11.8 Å². The molecule has 1 heteroatoms. The maximum absolute atomic E-state index is 5.82. The summed E-state index contributed by atoms with van der Waals surface area (Å²) in [4.78, 5) is 0. The van der Waals surface area contributed by atoms with Crippen LogP contribution in [0.4, 0.5) is 0 Å². The number of ether oxygens (including phenoxy) is 1. The van der Waals surface area contributed by atoms with Crippen LogP contribution in [0.25, 0.3) is 0 Å². The lowest BCUT2D eigenvalue weighted by Crippen LogP contribution is -2.00. The van der Waals surface area contributed by atoms with Gasteiger partial charge in [-0.05, 0) is 64.2 Å². The average molecular weight is 347 g/mol. The second kappa shape index (κ2) is 14.0. The highest BCUT2D eigenvalue weighted by molar-refractivity contribution is 4.94. The highest BCUT2D eigenvalue weighted by Crippen LogP contribution is 2.22. The maximum Gasteiger partial charge on any atom is 0.0964 e. The Balaban J connectivity index is 3.78. The van der Waals surface area contributed by atoms with E-state index in [4.69, 9.17) is 4.74 Å². The number of hydrogen-bond donors (Lipinski definition) is 0. The SMILES string of the molecule is C=C(C)CCCC(C)CCC(=C)OC(=C)CCC(C)CCCC(=C)C. The summed E-state index contributed by atoms with van der Waals surface area (Å²) in [6.45, 7) is 24.9. The van der Waals surface area contributed by atoms with Gasteiger partial charge in [-0.3, -0.25) is 0 Å². The topological polar surface area (TPSA) is 9.23 Å². The van der Waals surface area contributed by atoms with Crippen molar-refractivity contribution in [3.8, 4) is 0 Å². The van der Waals surface area contributed by atoms with Gasteiger partial charge in [0.2, 0.25) is 0 Å². The molecule has 0 aromatic heterocycles. The lowest BCUT2D eigenvalue weighted by Gasteiger charge is -2.16. The van der Waals surface area contributed by atoms with Crippen LogP contribution >= 0.6 is 0 Å². The molecule has 0 aromatic rings. The first-order valence-corrected chi connectivity index (χ1v) is 10.0. The molecule has 0 fully saturated rings. The van der Waals surface area contributed by atoms with E-state index in [-0.39, 0.29) is 0 Å². The molecule has 0 saturated carbocycles. The van der Waals surface area contributed by atoms with Crippen molar-refractivity contribution in [1.82, 2.24) is 0 Å². The first-order chi connectivity index (χ1) is 11.7. The van der Waals surface area contributed by atoms with E-state index < -0.39 is 0 Å². The molecule has 0 rings (SSSR count). The van der Waals surface area contributed by atoms with Gasteiger partial charge in [0.1, 0.15) is 0 Å². The van der Waals surface area contributed by atoms with Gasteiger partial charge in [0.25, 0.3) is 0 Å². The van der Waals surface area contributed by atoms with Crippen molar-refractivity contribution in [3.05, 3.63) is 49.0 Å². The Morgan fingerprint density at radius 2 is 1.00 bits per heavy atom. The third kappa shape index (κ3) is 16.0. The lowest BCUT2D eigenvalue weighted by molar-refractivity contribution is 0.263. The fourth-order valence-corrected chi connectivity index (χ4v) is 2.91. The van der Waals surface area contributed by atoms with Gasteiger partial charge < -0.3 is 4.74 Å². The van der Waals surface area contributed by atoms with Crippen LogP contribution in [0.5, 0.6) is 0 Å². The molecule has 0 amide bonds. The van der Waals surface area contributed by atoms with Crippen molar-refractivity contribution >= 4 is 0 Å². The van der Waals surface area contributed by atoms with E-state index in [1.54, 1.807) is 0 Å². The van der Waals surface area contributed by atoms with Crippen molar-refractivity contribution in [2.75, 3.05) is 0 Å². The molecule has 0 N–H and O–H groups in total. The van der Waals surface area contributed by atoms with E-state index >= 15 is 0 Å². The van der Waals surface area contributed by atoms with Crippen molar-refractivity contribution in [2.24, 2.45) is 11.8 Å². The van der Waals surface area contributed by atoms with Crippen LogP contribution in [0.3, 0.4) is 0 Å². The Kier molecular flexibility index (Phi) is 13.3. The summed E-state index contributed by atoms with van der Waals surface area (Å²) < 4.78 is 5.82. The molecule has 2 atom stereocenters. The van der Waals surface area contributed by atoms with Gasteiger partial charge in [-0.1, -0.05) is 51.0 Å². The summed E-state index contributed by atoms with van der Waals surface area (Å²) in [5.74, 6) is 3.15. The van der Waals surface area contributed by atoms with Gasteiger partial charge >= 0.3 is 0 Å². The maximum atomic E-state index is 5.82. The molecule has 0 aromatic carbocycles. The van der Waals surface area contributed by atoms with Gasteiger partial charge in [-0.2, -0.15) is 0 Å². The Bertz CT molecular complexity index is 389. The Morgan fingerprint density at radius 3 is 1.32 bits per heavy atom. The highest BCUT2D eigenvalue weighted by Gasteiger charge is 2.08. The van der Waals surface area contributed by atoms with E-state index in [1.165, 1.54) is 36.8 Å². The number of allylic oxidation sites excluding steroid dienone is 4. The van der Waals surface area contributed by atoms with Crippen LogP contribution in [0.1, 0.15) is 91.9 Å². The van der Waals surface area contributed by atoms with Gasteiger partial charge in [-0.25, -0.2) is 0 Å². The molecule has 0 saturated heterocycles. The third-order valence-electron chi connectivity index (χ3n) is 4.72. The van der Waals surface area contributed by atoms with E-state index in [0.717, 1.165) is 50.0 Å². The van der Waals surface area contributed by atoms with Crippen LogP contribution in [-0.2, 0) is 4.74 Å². The molecule has 0 bridgehead atoms. The molecule has 144 valence electrons. The standard InChI is InChI=1S/C24H42O/c1-19(2)11-9-13-21(5)15-17-23(7)25-24(8)18-16-22(6)14-10-12-20(3)4/h21-22H,1,3,7-18H2,2,4-6H3. The molecule has 0 spiro atoms. The summed E-state index contributed by atoms with van der Waals surface area (Å²) in [5, 5.41) is 0. The van der Waals surface area contributed by atoms with Crippen LogP contribution in [0.15, 0.2) is 49.0 Å². The molecular weight excluding hydrogens is 304 g/mol. The molecule has 0 aliphatic heterocycles. The minimum absolute atomic E-state index is 0.710. The average Bonchev–Trinajstić information content (AvgIpc) is 2.50. The zero-order valence-corrected chi connectivity index (χ0v) is 17.5. The summed E-state index contributed by atoms with van der Waals surface area (Å²) in [6, 6.07) is 0. The zero-order valence-electron chi connectivity index (χ0n) is 17.5. The lowest BCUT2D eigenvalue weighted by atomic mass is 9.97. The molecule has 25 heavy (non-hydrogen) atoms. The van der Waals surface area contributed by atoms with E-state index in [9.17, 15) is 0 Å². The second-order valence-corrected chi connectivity index (χ2v) is 8.17. The third-order valence-corrected chi connectivity index (χ3v) is 4.72. The molecule has 0 radical (unpaired) electrons. The normalized spacial score (nSPS) is 13.1. The predicted octanol–water partition coefficient (Wildman–Crippen LogP) is 8.36. The highest BCUT2D eigenvalue weighted by atomic mass is 16.5. The minimum atomic E-state index is 0.710. The molecular formula is C24H42O. The quantitative estimate of drug-likeness (QED) is 0.201. The molecule has 1 nitrogen and oxygen atoms in total. The van der Waals surface area contributed by atoms with Crippen LogP contribution < -0.4 is 0 Å². The predicted molar refractivity (Wildman–Crippen MR) is 113 cm³/mol. The van der Waals surface area contributed by atoms with Gasteiger partial charge in [-0.15, -0.1) is 13.2 Å². The number of hydrogen-bond acceptors (Lipinski definition) is 1. The molecule has 0 heterocycles. The van der Waals surface area contributed by atoms with Crippen molar-refractivity contribution in [1.29, 1.82) is 0 Å². The first kappa shape index (κ1) is 23.8. The summed E-state index contributed by atoms with van der Waals surface area (Å²) in [5.41, 5.74) is 2.56. The first-order valence-electron chi connectivity index (χ1n) is 10.0. The van der Waals surface area contributed by atoms with Crippen LogP contribution in [0, 0.1) is 11.8 Å². The monoisotopic (exact) mass is 346 g/mol. The summed E-state index contributed by atoms with van der Waals surface area (Å²) >= 11 is 0. The van der Waals surface area contributed by atoms with Crippen molar-refractivity contribution < 1.29 is 4.74 Å². The molecule has 2 unspecified atom stereocenters. The number of rotatable bonds is 16. The van der Waals surface area contributed by atoms with Gasteiger partial charge in [0, 0.05) is 12.8 Å². The van der Waals surface area contributed by atoms with Crippen molar-refractivity contribution in [2.45, 2.75) is 91.9 Å². The molecule has 0 aliphatic carbocycles. The van der Waals surface area contributed by atoms with Crippen LogP contribution in [0.2, 0.25) is 0 Å².